The van der Waals surface area contributed by atoms with Crippen LogP contribution < -0.4 is 5.32 Å². The number of alkyl halides is 3. The molecule has 2 fully saturated rings. The summed E-state index contributed by atoms with van der Waals surface area (Å²) >= 11 is 0. The van der Waals surface area contributed by atoms with Crippen molar-refractivity contribution in [3.63, 3.8) is 0 Å². The van der Waals surface area contributed by atoms with E-state index in [1.165, 1.54) is 6.20 Å². The first-order chi connectivity index (χ1) is 17.0. The summed E-state index contributed by atoms with van der Waals surface area (Å²) in [5, 5.41) is 16.3. The Kier molecular flexibility index (Phi) is 5.60. The Morgan fingerprint density at radius 2 is 1.83 bits per heavy atom. The zero-order valence-corrected chi connectivity index (χ0v) is 18.7. The van der Waals surface area contributed by atoms with Crippen molar-refractivity contribution in [3.8, 4) is 11.1 Å². The van der Waals surface area contributed by atoms with E-state index in [0.717, 1.165) is 31.0 Å². The van der Waals surface area contributed by atoms with Gasteiger partial charge in [0.25, 0.3) is 0 Å². The van der Waals surface area contributed by atoms with Crippen LogP contribution in [0.5, 0.6) is 0 Å². The van der Waals surface area contributed by atoms with Crippen LogP contribution in [0.3, 0.4) is 0 Å². The van der Waals surface area contributed by atoms with Crippen LogP contribution in [-0.4, -0.2) is 26.8 Å². The van der Waals surface area contributed by atoms with Gasteiger partial charge >= 0.3 is 12.1 Å². The first kappa shape index (κ1) is 24.0. The second-order valence-corrected chi connectivity index (χ2v) is 9.31. The monoisotopic (exact) mass is 505 g/mol. The molecule has 2 N–H and O–H groups in total. The number of nitrogens with one attached hydrogen (secondary N) is 1. The third-order valence-corrected chi connectivity index (χ3v) is 6.64. The Hall–Kier alpha value is -3.76. The molecular weight excluding hydrogens is 485 g/mol. The van der Waals surface area contributed by atoms with Crippen molar-refractivity contribution < 1.29 is 36.6 Å². The molecule has 188 valence electrons. The number of aromatic carboxylic acids is 1. The Morgan fingerprint density at radius 1 is 1.11 bits per heavy atom. The lowest BCUT2D eigenvalue weighted by Crippen LogP contribution is -2.29. The topological polar surface area (TPSA) is 84.2 Å². The number of aromatic nitrogens is 2. The van der Waals surface area contributed by atoms with Crippen molar-refractivity contribution in [3.05, 3.63) is 71.1 Å². The second-order valence-electron chi connectivity index (χ2n) is 9.31. The molecule has 0 unspecified atom stereocenters. The molecule has 0 saturated heterocycles. The van der Waals surface area contributed by atoms with Gasteiger partial charge in [-0.25, -0.2) is 13.6 Å². The van der Waals surface area contributed by atoms with Crippen molar-refractivity contribution >= 4 is 17.6 Å². The summed E-state index contributed by atoms with van der Waals surface area (Å²) in [6.07, 6.45) is 0.707. The zero-order chi connectivity index (χ0) is 25.8. The summed E-state index contributed by atoms with van der Waals surface area (Å²) in [4.78, 5) is 24.9. The maximum Gasteiger partial charge on any atom is 0.416 e. The van der Waals surface area contributed by atoms with Gasteiger partial charge in [-0.15, -0.1) is 0 Å². The van der Waals surface area contributed by atoms with E-state index in [-0.39, 0.29) is 35.2 Å². The number of anilines is 1. The molecule has 2 aliphatic rings. The molecule has 5 rings (SSSR count). The van der Waals surface area contributed by atoms with Crippen LogP contribution in [0.25, 0.3) is 11.1 Å². The standard InChI is InChI=1S/C25H20F5N3O3/c26-19-7-15(25(28,29)30)3-4-18(19)24(5-6-24)23(36)32-16-8-17(22(34)35)21(20(27)9-16)14-10-31-33(12-14)11-13-1-2-13/h3-4,7-10,12-13H,1-2,5-6,11H2,(H,32,36)(H,34,35). The molecule has 3 aromatic rings. The maximum atomic E-state index is 15.1. The highest BCUT2D eigenvalue weighted by Gasteiger charge is 2.53. The summed E-state index contributed by atoms with van der Waals surface area (Å²) in [6.45, 7) is 0.654. The van der Waals surface area contributed by atoms with E-state index in [9.17, 15) is 32.3 Å². The predicted octanol–water partition coefficient (Wildman–Crippen LogP) is 5.63. The van der Waals surface area contributed by atoms with Gasteiger partial charge in [0.2, 0.25) is 5.91 Å². The molecular formula is C25H20F5N3O3. The highest BCUT2D eigenvalue weighted by molar-refractivity contribution is 6.03. The van der Waals surface area contributed by atoms with Gasteiger partial charge in [0.15, 0.2) is 0 Å². The number of halogens is 5. The molecule has 11 heteroatoms. The van der Waals surface area contributed by atoms with E-state index >= 15 is 4.39 Å². The lowest BCUT2D eigenvalue weighted by Gasteiger charge is -2.18. The van der Waals surface area contributed by atoms with Gasteiger partial charge in [-0.05, 0) is 55.9 Å². The normalized spacial score (nSPS) is 16.6. The average Bonchev–Trinajstić information content (AvgIpc) is 3.71. The fourth-order valence-electron chi connectivity index (χ4n) is 4.37. The minimum atomic E-state index is -4.74. The van der Waals surface area contributed by atoms with E-state index in [1.807, 2.05) is 0 Å². The van der Waals surface area contributed by atoms with Gasteiger partial charge in [-0.2, -0.15) is 18.3 Å². The van der Waals surface area contributed by atoms with Gasteiger partial charge in [-0.1, -0.05) is 6.07 Å². The summed E-state index contributed by atoms with van der Waals surface area (Å²) in [7, 11) is 0. The van der Waals surface area contributed by atoms with Crippen LogP contribution in [0.4, 0.5) is 27.6 Å². The lowest BCUT2D eigenvalue weighted by molar-refractivity contribution is -0.137. The highest BCUT2D eigenvalue weighted by Crippen LogP contribution is 2.50. The van der Waals surface area contributed by atoms with Crippen molar-refractivity contribution in [2.24, 2.45) is 5.92 Å². The van der Waals surface area contributed by atoms with Gasteiger partial charge in [0, 0.05) is 35.1 Å². The molecule has 0 aliphatic heterocycles. The molecule has 0 spiro atoms. The van der Waals surface area contributed by atoms with Crippen LogP contribution in [0.15, 0.2) is 42.7 Å². The number of amides is 1. The molecule has 1 heterocycles. The molecule has 6 nitrogen and oxygen atoms in total. The fraction of sp³-hybridized carbons (Fsp3) is 0.320. The first-order valence-electron chi connectivity index (χ1n) is 11.3. The van der Waals surface area contributed by atoms with Crippen molar-refractivity contribution in [1.82, 2.24) is 9.78 Å². The zero-order valence-electron chi connectivity index (χ0n) is 18.7. The van der Waals surface area contributed by atoms with E-state index < -0.39 is 46.2 Å². The van der Waals surface area contributed by atoms with Crippen LogP contribution in [0.2, 0.25) is 0 Å². The maximum absolute atomic E-state index is 15.1. The Labute approximate surface area is 201 Å². The number of benzene rings is 2. The highest BCUT2D eigenvalue weighted by atomic mass is 19.4. The quantitative estimate of drug-likeness (QED) is 0.408. The molecule has 0 radical (unpaired) electrons. The van der Waals surface area contributed by atoms with E-state index in [0.29, 0.717) is 24.6 Å². The van der Waals surface area contributed by atoms with Crippen LogP contribution in [0, 0.1) is 17.6 Å². The van der Waals surface area contributed by atoms with Gasteiger partial charge in [0.1, 0.15) is 11.6 Å². The number of carbonyl (C=O) groups excluding carboxylic acids is 1. The van der Waals surface area contributed by atoms with Crippen LogP contribution in [-0.2, 0) is 22.9 Å². The number of hydrogen-bond donors (Lipinski definition) is 2. The van der Waals surface area contributed by atoms with Crippen molar-refractivity contribution in [2.45, 2.75) is 43.8 Å². The molecule has 0 bridgehead atoms. The van der Waals surface area contributed by atoms with Crippen LogP contribution >= 0.6 is 0 Å². The SMILES string of the molecule is O=C(O)c1cc(NC(=O)C2(c3ccc(C(F)(F)F)cc3F)CC2)cc(F)c1-c1cnn(CC2CC2)c1. The van der Waals surface area contributed by atoms with E-state index in [4.69, 9.17) is 0 Å². The third kappa shape index (κ3) is 4.45. The Morgan fingerprint density at radius 3 is 2.42 bits per heavy atom. The Bertz CT molecular complexity index is 1370. The van der Waals surface area contributed by atoms with Gasteiger partial charge in [0.05, 0.1) is 22.7 Å². The third-order valence-electron chi connectivity index (χ3n) is 6.64. The van der Waals surface area contributed by atoms with Gasteiger partial charge < -0.3 is 10.4 Å². The van der Waals surface area contributed by atoms with Crippen LogP contribution in [0.1, 0.15) is 47.2 Å². The van der Waals surface area contributed by atoms with E-state index in [2.05, 4.69) is 10.4 Å². The number of rotatable bonds is 7. The predicted molar refractivity (Wildman–Crippen MR) is 118 cm³/mol. The number of carboxylic acids is 1. The molecule has 2 aliphatic carbocycles. The molecule has 1 aromatic heterocycles. The minimum Gasteiger partial charge on any atom is -0.478 e. The number of hydrogen-bond acceptors (Lipinski definition) is 3. The number of nitrogens with zero attached hydrogens (tertiary/aromatic N) is 2. The first-order valence-corrected chi connectivity index (χ1v) is 11.3. The smallest absolute Gasteiger partial charge is 0.416 e. The lowest BCUT2D eigenvalue weighted by atomic mass is 9.93. The number of carboxylic acid groups (broad SMARTS) is 1. The second kappa shape index (κ2) is 8.42. The molecule has 1 amide bonds. The van der Waals surface area contributed by atoms with Gasteiger partial charge in [-0.3, -0.25) is 9.48 Å². The summed E-state index contributed by atoms with van der Waals surface area (Å²) in [5.74, 6) is -3.76. The number of carbonyl (C=O) groups is 2. The average molecular weight is 505 g/mol. The summed E-state index contributed by atoms with van der Waals surface area (Å²) in [5.41, 5.74) is -3.27. The molecule has 0 atom stereocenters. The minimum absolute atomic E-state index is 0.164. The van der Waals surface area contributed by atoms with E-state index in [1.54, 1.807) is 10.9 Å². The van der Waals surface area contributed by atoms with Crippen molar-refractivity contribution in [2.75, 3.05) is 5.32 Å². The molecule has 2 aromatic carbocycles. The van der Waals surface area contributed by atoms with Crippen molar-refractivity contribution in [1.29, 1.82) is 0 Å². The summed E-state index contributed by atoms with van der Waals surface area (Å²) in [6, 6.07) is 4.01. The summed E-state index contributed by atoms with van der Waals surface area (Å²) < 4.78 is 69.9. The Balaban J connectivity index is 1.42. The molecule has 2 saturated carbocycles. The molecule has 36 heavy (non-hydrogen) atoms. The fourth-order valence-corrected chi connectivity index (χ4v) is 4.37. The largest absolute Gasteiger partial charge is 0.478 e.